The minimum atomic E-state index is -1.23. The van der Waals surface area contributed by atoms with Crippen LogP contribution in [0.4, 0.5) is 0 Å². The highest BCUT2D eigenvalue weighted by atomic mass is 16.4. The van der Waals surface area contributed by atoms with Gasteiger partial charge in [0.25, 0.3) is 0 Å². The summed E-state index contributed by atoms with van der Waals surface area (Å²) in [5, 5.41) is 23.2. The number of nitrogens with zero attached hydrogens (tertiary/aromatic N) is 3. The van der Waals surface area contributed by atoms with E-state index in [1.54, 1.807) is 6.20 Å². The molecule has 6 atom stereocenters. The zero-order valence-electron chi connectivity index (χ0n) is 32.3. The Kier molecular flexibility index (Phi) is 18.1. The monoisotopic (exact) mass is 783 g/mol. The molecule has 0 saturated carbocycles. The minimum absolute atomic E-state index is 0.0122. The molecular weight excluding hydrogens is 726 g/mol. The predicted molar refractivity (Wildman–Crippen MR) is 204 cm³/mol. The lowest BCUT2D eigenvalue weighted by Crippen LogP contribution is -2.60. The second-order valence-electron chi connectivity index (χ2n) is 14.6. The van der Waals surface area contributed by atoms with Crippen LogP contribution in [0.3, 0.4) is 0 Å². The Labute approximate surface area is 325 Å². The van der Waals surface area contributed by atoms with E-state index >= 15 is 0 Å². The van der Waals surface area contributed by atoms with Crippen molar-refractivity contribution in [3.8, 4) is 0 Å². The van der Waals surface area contributed by atoms with Crippen LogP contribution in [0.5, 0.6) is 0 Å². The molecule has 5 amide bonds. The standard InChI is InChI=1S/C36H57N13O7/c1-20(2)9-27(48-35(54)29(12-23-15-40-18-43-23)46-31(50)25(38)11-22-14-39-17-42-22)32(51)47-28(10-21(3)4)33(52)49-30(13-24-16-41-19-44-24)34(53)45-26(36(55)56)7-5-6-8-37/h14-21,25-30H,5-13,37-38H2,1-4H3,(H,39,42)(H,40,43)(H,41,44)(H,45,53)(H,46,50)(H,47,51)(H,48,54)(H,49,52)(H,55,56)/t25-,26-,27-,28-,29-,30-/m0/s1. The van der Waals surface area contributed by atoms with Gasteiger partial charge in [0, 0.05) is 54.9 Å². The number of carbonyl (C=O) groups is 6. The fraction of sp³-hybridized carbons (Fsp3) is 0.583. The van der Waals surface area contributed by atoms with Crippen molar-refractivity contribution < 1.29 is 33.9 Å². The fourth-order valence-corrected chi connectivity index (χ4v) is 5.90. The van der Waals surface area contributed by atoms with Crippen LogP contribution < -0.4 is 38.1 Å². The molecule has 0 aromatic carbocycles. The molecule has 56 heavy (non-hydrogen) atoms. The van der Waals surface area contributed by atoms with Crippen molar-refractivity contribution >= 4 is 35.5 Å². The van der Waals surface area contributed by atoms with Gasteiger partial charge in [-0.3, -0.25) is 24.0 Å². The Morgan fingerprint density at radius 3 is 1.34 bits per heavy atom. The number of hydrogen-bond acceptors (Lipinski definition) is 11. The van der Waals surface area contributed by atoms with Crippen LogP contribution in [0, 0.1) is 11.8 Å². The first-order valence-electron chi connectivity index (χ1n) is 18.8. The van der Waals surface area contributed by atoms with Gasteiger partial charge >= 0.3 is 5.97 Å². The normalized spacial score (nSPS) is 14.6. The van der Waals surface area contributed by atoms with Gasteiger partial charge in [-0.15, -0.1) is 0 Å². The van der Waals surface area contributed by atoms with Gasteiger partial charge in [-0.1, -0.05) is 27.7 Å². The van der Waals surface area contributed by atoms with Gasteiger partial charge in [-0.05, 0) is 50.5 Å². The molecule has 0 radical (unpaired) electrons. The summed E-state index contributed by atoms with van der Waals surface area (Å²) in [6, 6.07) is -6.88. The number of nitrogens with two attached hydrogens (primary N) is 2. The second-order valence-corrected chi connectivity index (χ2v) is 14.6. The first-order chi connectivity index (χ1) is 26.7. The Hall–Kier alpha value is -5.63. The topological polar surface area (TPSA) is 321 Å². The van der Waals surface area contributed by atoms with Crippen molar-refractivity contribution in [1.82, 2.24) is 56.5 Å². The fourth-order valence-electron chi connectivity index (χ4n) is 5.90. The molecular formula is C36H57N13O7. The zero-order valence-corrected chi connectivity index (χ0v) is 32.3. The number of carbonyl (C=O) groups excluding carboxylic acids is 5. The van der Waals surface area contributed by atoms with Crippen molar-refractivity contribution in [2.75, 3.05) is 6.54 Å². The Bertz CT molecular complexity index is 1660. The van der Waals surface area contributed by atoms with Crippen LogP contribution in [0.25, 0.3) is 0 Å². The lowest BCUT2D eigenvalue weighted by atomic mass is 9.99. The van der Waals surface area contributed by atoms with Crippen molar-refractivity contribution in [1.29, 1.82) is 0 Å². The third-order valence-electron chi connectivity index (χ3n) is 8.80. The summed E-state index contributed by atoms with van der Waals surface area (Å²) >= 11 is 0. The first-order valence-corrected chi connectivity index (χ1v) is 18.8. The molecule has 20 heteroatoms. The van der Waals surface area contributed by atoms with E-state index in [4.69, 9.17) is 11.5 Å². The molecule has 0 saturated heterocycles. The predicted octanol–water partition coefficient (Wildman–Crippen LogP) is -1.06. The molecule has 0 aliphatic rings. The molecule has 0 aliphatic carbocycles. The number of nitrogens with one attached hydrogen (secondary N) is 8. The van der Waals surface area contributed by atoms with Gasteiger partial charge in [0.2, 0.25) is 29.5 Å². The number of rotatable bonds is 25. The molecule has 0 aliphatic heterocycles. The van der Waals surface area contributed by atoms with Crippen LogP contribution in [0.15, 0.2) is 37.6 Å². The lowest BCUT2D eigenvalue weighted by molar-refractivity contribution is -0.142. The van der Waals surface area contributed by atoms with Gasteiger partial charge in [-0.2, -0.15) is 0 Å². The third kappa shape index (κ3) is 15.2. The summed E-state index contributed by atoms with van der Waals surface area (Å²) in [6.45, 7) is 7.80. The summed E-state index contributed by atoms with van der Waals surface area (Å²) in [4.78, 5) is 101. The largest absolute Gasteiger partial charge is 0.480 e. The number of unbranched alkanes of at least 4 members (excludes halogenated alkanes) is 1. The molecule has 308 valence electrons. The van der Waals surface area contributed by atoms with E-state index in [1.807, 2.05) is 27.7 Å². The number of aliphatic carboxylic acids is 1. The van der Waals surface area contributed by atoms with Crippen LogP contribution in [0.1, 0.15) is 76.9 Å². The molecule has 3 aromatic rings. The number of hydrogen-bond donors (Lipinski definition) is 11. The molecule has 3 aromatic heterocycles. The summed E-state index contributed by atoms with van der Waals surface area (Å²) < 4.78 is 0. The highest BCUT2D eigenvalue weighted by Crippen LogP contribution is 2.12. The molecule has 3 rings (SSSR count). The zero-order chi connectivity index (χ0) is 41.2. The van der Waals surface area contributed by atoms with Crippen LogP contribution >= 0.6 is 0 Å². The summed E-state index contributed by atoms with van der Waals surface area (Å²) in [6.07, 6.45) is 10.5. The number of H-pyrrole nitrogens is 3. The van der Waals surface area contributed by atoms with E-state index in [2.05, 4.69) is 56.5 Å². The smallest absolute Gasteiger partial charge is 0.326 e. The number of carboxylic acid groups (broad SMARTS) is 1. The Morgan fingerprint density at radius 1 is 0.589 bits per heavy atom. The molecule has 0 spiro atoms. The van der Waals surface area contributed by atoms with E-state index in [9.17, 15) is 33.9 Å². The number of aromatic amines is 3. The van der Waals surface area contributed by atoms with Crippen molar-refractivity contribution in [2.24, 2.45) is 23.3 Å². The number of aromatic nitrogens is 6. The third-order valence-corrected chi connectivity index (χ3v) is 8.80. The maximum Gasteiger partial charge on any atom is 0.326 e. The summed E-state index contributed by atoms with van der Waals surface area (Å²) in [7, 11) is 0. The van der Waals surface area contributed by atoms with Gasteiger partial charge < -0.3 is 58.1 Å². The average Bonchev–Trinajstić information content (AvgIpc) is 3.95. The Morgan fingerprint density at radius 2 is 0.964 bits per heavy atom. The number of amides is 5. The maximum absolute atomic E-state index is 14.0. The second kappa shape index (κ2) is 22.7. The Balaban J connectivity index is 1.80. The molecule has 13 N–H and O–H groups in total. The van der Waals surface area contributed by atoms with Crippen molar-refractivity contribution in [3.63, 3.8) is 0 Å². The molecule has 0 fully saturated rings. The first kappa shape index (κ1) is 44.8. The van der Waals surface area contributed by atoms with Gasteiger partial charge in [0.1, 0.15) is 30.2 Å². The molecule has 0 bridgehead atoms. The SMILES string of the molecule is CC(C)C[C@H](NC(=O)[C@H](CC(C)C)NC(=O)[C@H](Cc1cnc[nH]1)NC(=O)[C@@H](N)Cc1cnc[nH]1)C(=O)N[C@@H](Cc1cnc[nH]1)C(=O)N[C@@H](CCCCN)C(=O)O. The van der Waals surface area contributed by atoms with Gasteiger partial charge in [0.15, 0.2) is 0 Å². The van der Waals surface area contributed by atoms with E-state index in [0.29, 0.717) is 36.5 Å². The lowest BCUT2D eigenvalue weighted by Gasteiger charge is -2.28. The van der Waals surface area contributed by atoms with Crippen LogP contribution in [-0.2, 0) is 48.0 Å². The summed E-state index contributed by atoms with van der Waals surface area (Å²) in [5.74, 6) is -4.75. The van der Waals surface area contributed by atoms with E-state index in [1.165, 1.54) is 31.4 Å². The number of carboxylic acids is 1. The molecule has 0 unspecified atom stereocenters. The minimum Gasteiger partial charge on any atom is -0.480 e. The number of imidazole rings is 3. The quantitative estimate of drug-likeness (QED) is 0.0459. The highest BCUT2D eigenvalue weighted by Gasteiger charge is 2.34. The molecule has 3 heterocycles. The van der Waals surface area contributed by atoms with Crippen molar-refractivity contribution in [3.05, 3.63) is 54.7 Å². The van der Waals surface area contributed by atoms with E-state index in [-0.39, 0.29) is 50.4 Å². The van der Waals surface area contributed by atoms with Gasteiger partial charge in [0.05, 0.1) is 25.0 Å². The van der Waals surface area contributed by atoms with Crippen molar-refractivity contribution in [2.45, 2.75) is 115 Å². The van der Waals surface area contributed by atoms with Crippen LogP contribution in [-0.4, -0.2) is 113 Å². The van der Waals surface area contributed by atoms with E-state index in [0.717, 1.165) is 0 Å². The van der Waals surface area contributed by atoms with E-state index < -0.39 is 71.8 Å². The maximum atomic E-state index is 14.0. The highest BCUT2D eigenvalue weighted by molar-refractivity contribution is 5.96. The van der Waals surface area contributed by atoms with Crippen LogP contribution in [0.2, 0.25) is 0 Å². The average molecular weight is 784 g/mol. The van der Waals surface area contributed by atoms with Gasteiger partial charge in [-0.25, -0.2) is 19.7 Å². The molecule has 20 nitrogen and oxygen atoms in total. The summed E-state index contributed by atoms with van der Waals surface area (Å²) in [5.41, 5.74) is 13.4.